The molecule has 0 radical (unpaired) electrons. The fourth-order valence-electron chi connectivity index (χ4n) is 3.79. The maximum atomic E-state index is 12.7. The Morgan fingerprint density at radius 2 is 1.85 bits per heavy atom. The van der Waals surface area contributed by atoms with Gasteiger partial charge in [0.05, 0.1) is 27.2 Å². The molecule has 1 amide bonds. The molecule has 33 heavy (non-hydrogen) atoms. The number of aromatic nitrogens is 1. The van der Waals surface area contributed by atoms with Crippen molar-refractivity contribution in [2.75, 3.05) is 13.1 Å². The lowest BCUT2D eigenvalue weighted by molar-refractivity contribution is -0.274. The van der Waals surface area contributed by atoms with E-state index in [0.717, 1.165) is 29.1 Å². The Morgan fingerprint density at radius 3 is 2.55 bits per heavy atom. The molecule has 2 heterocycles. The van der Waals surface area contributed by atoms with Crippen molar-refractivity contribution in [1.82, 2.24) is 9.88 Å². The Hall–Kier alpha value is -2.29. The van der Waals surface area contributed by atoms with E-state index >= 15 is 0 Å². The molecule has 1 saturated heterocycles. The van der Waals surface area contributed by atoms with E-state index in [4.69, 9.17) is 28.2 Å². The molecule has 4 nitrogen and oxygen atoms in total. The molecule has 1 aromatic heterocycles. The van der Waals surface area contributed by atoms with Gasteiger partial charge in [-0.3, -0.25) is 4.79 Å². The number of alkyl halides is 3. The molecule has 1 fully saturated rings. The standard InChI is InChI=1S/C23H19Cl2F3N2O2S/c24-17-6-5-15(11-18(17)25)19-13-33-22(29-19)14-7-9-30(10-8-14)21(31)12-16-3-1-2-4-20(16)32-23(26,27)28/h1-6,11,13-14H,7-10,12H2. The minimum absolute atomic E-state index is 0.143. The number of hydrogen-bond donors (Lipinski definition) is 0. The van der Waals surface area contributed by atoms with Crippen molar-refractivity contribution >= 4 is 40.4 Å². The highest BCUT2D eigenvalue weighted by Gasteiger charge is 2.32. The number of rotatable bonds is 5. The number of hydrogen-bond acceptors (Lipinski definition) is 4. The number of benzene rings is 2. The van der Waals surface area contributed by atoms with Crippen LogP contribution < -0.4 is 4.74 Å². The SMILES string of the molecule is O=C(Cc1ccccc1OC(F)(F)F)N1CCC(c2nc(-c3ccc(Cl)c(Cl)c3)cs2)CC1. The highest BCUT2D eigenvalue weighted by molar-refractivity contribution is 7.10. The number of piperidine rings is 1. The number of amides is 1. The molecule has 0 bridgehead atoms. The lowest BCUT2D eigenvalue weighted by Crippen LogP contribution is -2.38. The number of carbonyl (C=O) groups is 1. The molecule has 0 N–H and O–H groups in total. The Bertz CT molecular complexity index is 1140. The van der Waals surface area contributed by atoms with Crippen LogP contribution in [0.5, 0.6) is 5.75 Å². The number of thiazole rings is 1. The molecule has 4 rings (SSSR count). The molecule has 1 aliphatic rings. The molecule has 174 valence electrons. The molecule has 2 aromatic carbocycles. The quantitative estimate of drug-likeness (QED) is 0.369. The summed E-state index contributed by atoms with van der Waals surface area (Å²) in [5.74, 6) is -0.343. The number of carbonyl (C=O) groups excluding carboxylic acids is 1. The monoisotopic (exact) mass is 514 g/mol. The summed E-state index contributed by atoms with van der Waals surface area (Å²) in [7, 11) is 0. The molecular weight excluding hydrogens is 496 g/mol. The Kier molecular flexibility index (Phi) is 7.16. The third-order valence-corrected chi connectivity index (χ3v) is 7.22. The largest absolute Gasteiger partial charge is 0.573 e. The molecule has 10 heteroatoms. The van der Waals surface area contributed by atoms with Crippen LogP contribution >= 0.6 is 34.5 Å². The summed E-state index contributed by atoms with van der Waals surface area (Å²) >= 11 is 13.7. The molecule has 0 saturated carbocycles. The van der Waals surface area contributed by atoms with Crippen molar-refractivity contribution in [3.63, 3.8) is 0 Å². The molecule has 1 aliphatic heterocycles. The van der Waals surface area contributed by atoms with Crippen LogP contribution in [0.15, 0.2) is 47.8 Å². The molecule has 0 atom stereocenters. The Morgan fingerprint density at radius 1 is 1.12 bits per heavy atom. The van der Waals surface area contributed by atoms with E-state index in [0.29, 0.717) is 23.1 Å². The van der Waals surface area contributed by atoms with Crippen molar-refractivity contribution in [3.8, 4) is 17.0 Å². The normalized spacial score (nSPS) is 15.0. The van der Waals surface area contributed by atoms with Gasteiger partial charge in [0.15, 0.2) is 0 Å². The zero-order chi connectivity index (χ0) is 23.6. The minimum atomic E-state index is -4.80. The lowest BCUT2D eigenvalue weighted by Gasteiger charge is -2.31. The summed E-state index contributed by atoms with van der Waals surface area (Å²) in [5, 5.41) is 3.93. The zero-order valence-corrected chi connectivity index (χ0v) is 19.6. The molecule has 3 aromatic rings. The van der Waals surface area contributed by atoms with E-state index in [-0.39, 0.29) is 29.6 Å². The van der Waals surface area contributed by atoms with Crippen molar-refractivity contribution in [3.05, 3.63) is 68.5 Å². The number of nitrogens with zero attached hydrogens (tertiary/aromatic N) is 2. The van der Waals surface area contributed by atoms with Gasteiger partial charge in [0.1, 0.15) is 5.75 Å². The van der Waals surface area contributed by atoms with E-state index < -0.39 is 6.36 Å². The average Bonchev–Trinajstić information content (AvgIpc) is 3.26. The summed E-state index contributed by atoms with van der Waals surface area (Å²) in [4.78, 5) is 19.2. The van der Waals surface area contributed by atoms with Crippen LogP contribution in [-0.4, -0.2) is 35.2 Å². The Labute approximate surface area is 202 Å². The summed E-state index contributed by atoms with van der Waals surface area (Å²) < 4.78 is 41.9. The van der Waals surface area contributed by atoms with Gasteiger partial charge in [0.2, 0.25) is 5.91 Å². The van der Waals surface area contributed by atoms with Gasteiger partial charge in [-0.1, -0.05) is 47.5 Å². The molecule has 0 spiro atoms. The van der Waals surface area contributed by atoms with Crippen molar-refractivity contribution in [1.29, 1.82) is 0 Å². The van der Waals surface area contributed by atoms with Crippen LogP contribution in [0.1, 0.15) is 29.3 Å². The second-order valence-electron chi connectivity index (χ2n) is 7.69. The lowest BCUT2D eigenvalue weighted by atomic mass is 9.97. The topological polar surface area (TPSA) is 42.4 Å². The first-order chi connectivity index (χ1) is 15.7. The first-order valence-electron chi connectivity index (χ1n) is 10.2. The van der Waals surface area contributed by atoms with Gasteiger partial charge in [0, 0.05) is 35.5 Å². The first kappa shape index (κ1) is 23.9. The highest BCUT2D eigenvalue weighted by atomic mass is 35.5. The number of para-hydroxylation sites is 1. The van der Waals surface area contributed by atoms with Gasteiger partial charge in [-0.25, -0.2) is 4.98 Å². The smallest absolute Gasteiger partial charge is 0.405 e. The summed E-state index contributed by atoms with van der Waals surface area (Å²) in [5.41, 5.74) is 1.93. The maximum absolute atomic E-state index is 12.7. The number of halogens is 5. The van der Waals surface area contributed by atoms with Crippen LogP contribution in [-0.2, 0) is 11.2 Å². The summed E-state index contributed by atoms with van der Waals surface area (Å²) in [6, 6.07) is 11.1. The zero-order valence-electron chi connectivity index (χ0n) is 17.2. The average molecular weight is 515 g/mol. The van der Waals surface area contributed by atoms with Crippen LogP contribution in [0.3, 0.4) is 0 Å². The highest BCUT2D eigenvalue weighted by Crippen LogP contribution is 2.35. The third kappa shape index (κ3) is 5.99. The van der Waals surface area contributed by atoms with Crippen LogP contribution in [0.2, 0.25) is 10.0 Å². The van der Waals surface area contributed by atoms with Crippen LogP contribution in [0, 0.1) is 0 Å². The van der Waals surface area contributed by atoms with Crippen molar-refractivity contribution in [2.45, 2.75) is 31.5 Å². The van der Waals surface area contributed by atoms with Crippen molar-refractivity contribution < 1.29 is 22.7 Å². The van der Waals surface area contributed by atoms with Gasteiger partial charge >= 0.3 is 6.36 Å². The predicted octanol–water partition coefficient (Wildman–Crippen LogP) is 6.96. The van der Waals surface area contributed by atoms with Gasteiger partial charge in [-0.05, 0) is 31.0 Å². The van der Waals surface area contributed by atoms with E-state index in [2.05, 4.69) is 4.74 Å². The first-order valence-corrected chi connectivity index (χ1v) is 11.9. The van der Waals surface area contributed by atoms with E-state index in [1.54, 1.807) is 34.4 Å². The third-order valence-electron chi connectivity index (χ3n) is 5.47. The fourth-order valence-corrected chi connectivity index (χ4v) is 5.09. The van der Waals surface area contributed by atoms with Crippen LogP contribution in [0.4, 0.5) is 13.2 Å². The minimum Gasteiger partial charge on any atom is -0.405 e. The Balaban J connectivity index is 1.36. The van der Waals surface area contributed by atoms with Crippen molar-refractivity contribution in [2.24, 2.45) is 0 Å². The molecular formula is C23H19Cl2F3N2O2S. The predicted molar refractivity (Wildman–Crippen MR) is 123 cm³/mol. The number of ether oxygens (including phenoxy) is 1. The molecule has 0 unspecified atom stereocenters. The van der Waals surface area contributed by atoms with Gasteiger partial charge in [0.25, 0.3) is 0 Å². The van der Waals surface area contributed by atoms with Gasteiger partial charge in [-0.15, -0.1) is 24.5 Å². The van der Waals surface area contributed by atoms with E-state index in [9.17, 15) is 18.0 Å². The maximum Gasteiger partial charge on any atom is 0.573 e. The van der Waals surface area contributed by atoms with Gasteiger partial charge < -0.3 is 9.64 Å². The summed E-state index contributed by atoms with van der Waals surface area (Å²) in [6.45, 7) is 1.04. The second-order valence-corrected chi connectivity index (χ2v) is 9.39. The molecule has 0 aliphatic carbocycles. The van der Waals surface area contributed by atoms with Gasteiger partial charge in [-0.2, -0.15) is 0 Å². The summed E-state index contributed by atoms with van der Waals surface area (Å²) in [6.07, 6.45) is -3.47. The fraction of sp³-hybridized carbons (Fsp3) is 0.304. The second kappa shape index (κ2) is 9.91. The van der Waals surface area contributed by atoms with Crippen LogP contribution in [0.25, 0.3) is 11.3 Å². The number of likely N-dealkylation sites (tertiary alicyclic amines) is 1. The van der Waals surface area contributed by atoms with E-state index in [1.807, 2.05) is 11.4 Å². The van der Waals surface area contributed by atoms with E-state index in [1.165, 1.54) is 18.2 Å².